The largest absolute Gasteiger partial charge is 0.467 e. The molecule has 2 aliphatic rings. The fourth-order valence-electron chi connectivity index (χ4n) is 4.69. The standard InChI is InChI=1S/C27H25N3O4/c1-17(31)18-7-4-8-19(15-18)28-25(33)16-30-22-11-3-2-9-20(22)29-21-10-5-12-23(32)26(21)27(30)24-13-6-14-34-24/h2-4,6-9,11,13-15,27,29H,5,10,12,16H2,1H3,(H,28,33)/t27-/m1/s1. The summed E-state index contributed by atoms with van der Waals surface area (Å²) in [4.78, 5) is 40.1. The normalized spacial score (nSPS) is 17.4. The quantitative estimate of drug-likeness (QED) is 0.520. The number of fused-ring (bicyclic) bond motifs is 1. The molecule has 34 heavy (non-hydrogen) atoms. The van der Waals surface area contributed by atoms with Crippen molar-refractivity contribution in [3.05, 3.63) is 89.5 Å². The molecule has 2 heterocycles. The summed E-state index contributed by atoms with van der Waals surface area (Å²) in [5.74, 6) is 0.325. The molecule has 0 unspecified atom stereocenters. The highest BCUT2D eigenvalue weighted by Crippen LogP contribution is 2.44. The van der Waals surface area contributed by atoms with Gasteiger partial charge in [-0.2, -0.15) is 0 Å². The number of nitrogens with zero attached hydrogens (tertiary/aromatic N) is 1. The Bertz CT molecular complexity index is 1290. The van der Waals surface area contributed by atoms with Crippen LogP contribution in [0.3, 0.4) is 0 Å². The molecular weight excluding hydrogens is 430 g/mol. The summed E-state index contributed by atoms with van der Waals surface area (Å²) in [5.41, 5.74) is 4.23. The Balaban J connectivity index is 1.55. The maximum absolute atomic E-state index is 13.3. The smallest absolute Gasteiger partial charge is 0.243 e. The number of Topliss-reactive ketones (excluding diaryl/α,β-unsaturated/α-hetero) is 2. The molecule has 7 nitrogen and oxygen atoms in total. The van der Waals surface area contributed by atoms with Gasteiger partial charge >= 0.3 is 0 Å². The second kappa shape index (κ2) is 9.02. The number of rotatable bonds is 5. The molecule has 0 saturated heterocycles. The molecule has 2 N–H and O–H groups in total. The van der Waals surface area contributed by atoms with E-state index >= 15 is 0 Å². The number of benzene rings is 2. The molecule has 1 aliphatic heterocycles. The summed E-state index contributed by atoms with van der Waals surface area (Å²) in [5, 5.41) is 6.36. The van der Waals surface area contributed by atoms with Gasteiger partial charge in [0, 0.05) is 28.9 Å². The van der Waals surface area contributed by atoms with Gasteiger partial charge in [-0.3, -0.25) is 14.4 Å². The third-order valence-electron chi connectivity index (χ3n) is 6.22. The molecule has 1 aliphatic carbocycles. The zero-order valence-corrected chi connectivity index (χ0v) is 18.8. The average molecular weight is 456 g/mol. The number of allylic oxidation sites excluding steroid dienone is 1. The molecule has 3 aromatic rings. The minimum absolute atomic E-state index is 0.0155. The first kappa shape index (κ1) is 21.7. The molecule has 172 valence electrons. The van der Waals surface area contributed by atoms with E-state index in [9.17, 15) is 14.4 Å². The fraction of sp³-hybridized carbons (Fsp3) is 0.222. The van der Waals surface area contributed by atoms with Gasteiger partial charge in [-0.1, -0.05) is 24.3 Å². The van der Waals surface area contributed by atoms with Gasteiger partial charge in [-0.25, -0.2) is 0 Å². The van der Waals surface area contributed by atoms with Crippen LogP contribution in [0.1, 0.15) is 48.3 Å². The van der Waals surface area contributed by atoms with Crippen molar-refractivity contribution < 1.29 is 18.8 Å². The van der Waals surface area contributed by atoms with E-state index in [0.29, 0.717) is 29.0 Å². The van der Waals surface area contributed by atoms with Crippen molar-refractivity contribution in [1.82, 2.24) is 0 Å². The highest BCUT2D eigenvalue weighted by Gasteiger charge is 2.38. The zero-order chi connectivity index (χ0) is 23.7. The van der Waals surface area contributed by atoms with E-state index in [-0.39, 0.29) is 24.0 Å². The molecule has 1 aromatic heterocycles. The van der Waals surface area contributed by atoms with Crippen molar-refractivity contribution in [1.29, 1.82) is 0 Å². The van der Waals surface area contributed by atoms with E-state index < -0.39 is 6.04 Å². The van der Waals surface area contributed by atoms with Gasteiger partial charge in [0.1, 0.15) is 11.8 Å². The Morgan fingerprint density at radius 3 is 2.74 bits per heavy atom. The minimum Gasteiger partial charge on any atom is -0.467 e. The summed E-state index contributed by atoms with van der Waals surface area (Å²) in [7, 11) is 0. The lowest BCUT2D eigenvalue weighted by Gasteiger charge is -2.33. The van der Waals surface area contributed by atoms with Gasteiger partial charge in [-0.05, 0) is 56.2 Å². The van der Waals surface area contributed by atoms with Crippen molar-refractivity contribution in [3.8, 4) is 0 Å². The summed E-state index contributed by atoms with van der Waals surface area (Å²) in [6.45, 7) is 1.47. The number of carbonyl (C=O) groups is 3. The van der Waals surface area contributed by atoms with Crippen LogP contribution in [0.15, 0.2) is 82.6 Å². The molecule has 7 heteroatoms. The predicted molar refractivity (Wildman–Crippen MR) is 130 cm³/mol. The van der Waals surface area contributed by atoms with E-state index in [0.717, 1.165) is 29.9 Å². The molecule has 0 spiro atoms. The zero-order valence-electron chi connectivity index (χ0n) is 18.8. The number of hydrogen-bond donors (Lipinski definition) is 2. The van der Waals surface area contributed by atoms with Gasteiger partial charge < -0.3 is 20.0 Å². The summed E-state index contributed by atoms with van der Waals surface area (Å²) in [6, 6.07) is 17.7. The van der Waals surface area contributed by atoms with Gasteiger partial charge in [0.25, 0.3) is 0 Å². The summed E-state index contributed by atoms with van der Waals surface area (Å²) < 4.78 is 5.79. The highest BCUT2D eigenvalue weighted by molar-refractivity contribution is 6.02. The monoisotopic (exact) mass is 455 g/mol. The van der Waals surface area contributed by atoms with E-state index in [2.05, 4.69) is 10.6 Å². The molecule has 5 rings (SSSR count). The third kappa shape index (κ3) is 4.12. The molecule has 1 atom stereocenters. The minimum atomic E-state index is -0.539. The lowest BCUT2D eigenvalue weighted by atomic mass is 9.88. The molecule has 0 radical (unpaired) electrons. The van der Waals surface area contributed by atoms with Gasteiger partial charge in [0.2, 0.25) is 5.91 Å². The van der Waals surface area contributed by atoms with Crippen LogP contribution in [0.2, 0.25) is 0 Å². The van der Waals surface area contributed by atoms with E-state index in [4.69, 9.17) is 4.42 Å². The number of furan rings is 1. The predicted octanol–water partition coefficient (Wildman–Crippen LogP) is 5.10. The second-order valence-corrected chi connectivity index (χ2v) is 8.54. The number of carbonyl (C=O) groups excluding carboxylic acids is 3. The van der Waals surface area contributed by atoms with Crippen molar-refractivity contribution >= 4 is 34.5 Å². The lowest BCUT2D eigenvalue weighted by molar-refractivity contribution is -0.117. The molecule has 0 fully saturated rings. The number of ketones is 2. The Kier molecular flexibility index (Phi) is 5.76. The third-order valence-corrected chi connectivity index (χ3v) is 6.22. The van der Waals surface area contributed by atoms with Crippen molar-refractivity contribution in [2.24, 2.45) is 0 Å². The first-order valence-corrected chi connectivity index (χ1v) is 11.3. The number of anilines is 3. The van der Waals surface area contributed by atoms with Crippen LogP contribution in [0.25, 0.3) is 0 Å². The lowest BCUT2D eigenvalue weighted by Crippen LogP contribution is -2.38. The second-order valence-electron chi connectivity index (χ2n) is 8.54. The molecule has 1 amide bonds. The van der Waals surface area contributed by atoms with E-state index in [1.54, 1.807) is 36.6 Å². The maximum Gasteiger partial charge on any atom is 0.243 e. The number of para-hydroxylation sites is 2. The van der Waals surface area contributed by atoms with Crippen LogP contribution in [0.5, 0.6) is 0 Å². The van der Waals surface area contributed by atoms with Crippen LogP contribution < -0.4 is 15.5 Å². The number of hydrogen-bond acceptors (Lipinski definition) is 6. The van der Waals surface area contributed by atoms with Crippen molar-refractivity contribution in [2.75, 3.05) is 22.1 Å². The van der Waals surface area contributed by atoms with Gasteiger partial charge in [-0.15, -0.1) is 0 Å². The first-order chi connectivity index (χ1) is 16.5. The first-order valence-electron chi connectivity index (χ1n) is 11.3. The average Bonchev–Trinajstić information content (AvgIpc) is 3.31. The molecular formula is C27H25N3O4. The molecule has 2 aromatic carbocycles. The fourth-order valence-corrected chi connectivity index (χ4v) is 4.69. The van der Waals surface area contributed by atoms with Crippen molar-refractivity contribution in [2.45, 2.75) is 32.2 Å². The Morgan fingerprint density at radius 2 is 1.94 bits per heavy atom. The van der Waals surface area contributed by atoms with Crippen LogP contribution in [-0.2, 0) is 9.59 Å². The van der Waals surface area contributed by atoms with E-state index in [1.165, 1.54) is 6.92 Å². The SMILES string of the molecule is CC(=O)c1cccc(NC(=O)CN2c3ccccc3NC3=C(C(=O)CCC3)[C@H]2c2ccco2)c1. The Hall–Kier alpha value is -4.13. The van der Waals surface area contributed by atoms with Gasteiger partial charge in [0.15, 0.2) is 11.6 Å². The van der Waals surface area contributed by atoms with E-state index in [1.807, 2.05) is 35.2 Å². The van der Waals surface area contributed by atoms with Crippen LogP contribution in [0, 0.1) is 0 Å². The summed E-state index contributed by atoms with van der Waals surface area (Å²) in [6.07, 6.45) is 3.58. The van der Waals surface area contributed by atoms with Crippen molar-refractivity contribution in [3.63, 3.8) is 0 Å². The van der Waals surface area contributed by atoms with Gasteiger partial charge in [0.05, 0.1) is 24.2 Å². The highest BCUT2D eigenvalue weighted by atomic mass is 16.3. The Morgan fingerprint density at radius 1 is 1.09 bits per heavy atom. The van der Waals surface area contributed by atoms with Crippen LogP contribution >= 0.6 is 0 Å². The molecule has 0 saturated carbocycles. The van der Waals surface area contributed by atoms with Crippen LogP contribution in [0.4, 0.5) is 17.1 Å². The van der Waals surface area contributed by atoms with Crippen LogP contribution in [-0.4, -0.2) is 24.0 Å². The molecule has 0 bridgehead atoms. The Labute approximate surface area is 197 Å². The topological polar surface area (TPSA) is 91.7 Å². The summed E-state index contributed by atoms with van der Waals surface area (Å²) >= 11 is 0. The maximum atomic E-state index is 13.3. The number of nitrogens with one attached hydrogen (secondary N) is 2. The number of amides is 1.